The SMILES string of the molecule is CCCNc1cc(F)c(Nc2cc(OC3CCN(C(=O)OC(C)C)CC3)ncn2)cc1F. The first-order valence-electron chi connectivity index (χ1n) is 10.8. The Balaban J connectivity index is 1.58. The Hall–Kier alpha value is -3.17. The van der Waals surface area contributed by atoms with Gasteiger partial charge in [-0.15, -0.1) is 0 Å². The fourth-order valence-corrected chi connectivity index (χ4v) is 3.25. The minimum absolute atomic E-state index is 0.0360. The molecule has 2 aromatic rings. The lowest BCUT2D eigenvalue weighted by atomic mass is 10.1. The number of likely N-dealkylation sites (tertiary alicyclic amines) is 1. The Labute approximate surface area is 186 Å². The number of carbonyl (C=O) groups is 1. The van der Waals surface area contributed by atoms with Gasteiger partial charge in [0.15, 0.2) is 0 Å². The van der Waals surface area contributed by atoms with Gasteiger partial charge in [0.05, 0.1) is 17.5 Å². The molecular formula is C22H29F2N5O3. The number of benzene rings is 1. The third-order valence-electron chi connectivity index (χ3n) is 4.85. The van der Waals surface area contributed by atoms with Crippen LogP contribution < -0.4 is 15.4 Å². The number of aromatic nitrogens is 2. The number of nitrogens with one attached hydrogen (secondary N) is 2. The second kappa shape index (κ2) is 10.9. The summed E-state index contributed by atoms with van der Waals surface area (Å²) < 4.78 is 39.8. The van der Waals surface area contributed by atoms with Crippen LogP contribution in [0.25, 0.3) is 0 Å². The van der Waals surface area contributed by atoms with Gasteiger partial charge < -0.3 is 25.0 Å². The highest BCUT2D eigenvalue weighted by Crippen LogP contribution is 2.27. The average Bonchev–Trinajstić information content (AvgIpc) is 2.75. The number of rotatable bonds is 8. The molecular weight excluding hydrogens is 420 g/mol. The van der Waals surface area contributed by atoms with E-state index in [1.165, 1.54) is 12.4 Å². The highest BCUT2D eigenvalue weighted by Gasteiger charge is 2.25. The van der Waals surface area contributed by atoms with E-state index < -0.39 is 11.6 Å². The molecule has 174 valence electrons. The fraction of sp³-hybridized carbons (Fsp3) is 0.500. The normalized spacial score (nSPS) is 14.4. The molecule has 32 heavy (non-hydrogen) atoms. The summed E-state index contributed by atoms with van der Waals surface area (Å²) in [7, 11) is 0. The molecule has 0 atom stereocenters. The summed E-state index contributed by atoms with van der Waals surface area (Å²) in [4.78, 5) is 21.8. The lowest BCUT2D eigenvalue weighted by Crippen LogP contribution is -2.42. The molecule has 1 aliphatic rings. The van der Waals surface area contributed by atoms with Crippen molar-refractivity contribution in [1.29, 1.82) is 0 Å². The van der Waals surface area contributed by atoms with Crippen molar-refractivity contribution in [3.63, 3.8) is 0 Å². The van der Waals surface area contributed by atoms with Crippen molar-refractivity contribution in [3.8, 4) is 5.88 Å². The molecule has 0 bridgehead atoms. The topological polar surface area (TPSA) is 88.6 Å². The second-order valence-corrected chi connectivity index (χ2v) is 7.84. The van der Waals surface area contributed by atoms with Crippen molar-refractivity contribution in [2.75, 3.05) is 30.3 Å². The lowest BCUT2D eigenvalue weighted by Gasteiger charge is -2.31. The van der Waals surface area contributed by atoms with Gasteiger partial charge in [0.2, 0.25) is 5.88 Å². The Morgan fingerprint density at radius 2 is 1.84 bits per heavy atom. The number of carbonyl (C=O) groups excluding carboxylic acids is 1. The monoisotopic (exact) mass is 449 g/mol. The smallest absolute Gasteiger partial charge is 0.410 e. The number of hydrogen-bond acceptors (Lipinski definition) is 7. The van der Waals surface area contributed by atoms with Gasteiger partial charge in [-0.2, -0.15) is 0 Å². The summed E-state index contributed by atoms with van der Waals surface area (Å²) in [5, 5.41) is 5.62. The Kier molecular flexibility index (Phi) is 8.02. The molecule has 10 heteroatoms. The predicted molar refractivity (Wildman–Crippen MR) is 117 cm³/mol. The van der Waals surface area contributed by atoms with E-state index in [0.717, 1.165) is 18.6 Å². The van der Waals surface area contributed by atoms with Crippen LogP contribution in [0.3, 0.4) is 0 Å². The van der Waals surface area contributed by atoms with Crippen LogP contribution >= 0.6 is 0 Å². The van der Waals surface area contributed by atoms with E-state index in [-0.39, 0.29) is 35.5 Å². The standard InChI is InChI=1S/C22H29F2N5O3/c1-4-7-25-18-10-17(24)19(11-16(18)23)28-20-12-21(27-13-26-20)32-15-5-8-29(9-6-15)22(30)31-14(2)3/h10-15,25H,4-9H2,1-3H3,(H,26,27,28). The molecule has 1 aromatic heterocycles. The van der Waals surface area contributed by atoms with Crippen LogP contribution in [-0.4, -0.2) is 52.8 Å². The van der Waals surface area contributed by atoms with Gasteiger partial charge >= 0.3 is 6.09 Å². The molecule has 3 rings (SSSR count). The maximum atomic E-state index is 14.4. The predicted octanol–water partition coefficient (Wildman–Crippen LogP) is 4.71. The molecule has 2 N–H and O–H groups in total. The first kappa shape index (κ1) is 23.5. The van der Waals surface area contributed by atoms with Gasteiger partial charge in [0.25, 0.3) is 0 Å². The van der Waals surface area contributed by atoms with Gasteiger partial charge in [0, 0.05) is 50.7 Å². The molecule has 2 heterocycles. The highest BCUT2D eigenvalue weighted by molar-refractivity contribution is 5.68. The number of ether oxygens (including phenoxy) is 2. The first-order valence-corrected chi connectivity index (χ1v) is 10.8. The molecule has 1 aliphatic heterocycles. The quantitative estimate of drug-likeness (QED) is 0.603. The van der Waals surface area contributed by atoms with Crippen molar-refractivity contribution in [2.24, 2.45) is 0 Å². The van der Waals surface area contributed by atoms with Crippen LogP contribution in [0.4, 0.5) is 30.8 Å². The lowest BCUT2D eigenvalue weighted by molar-refractivity contribution is 0.0507. The third-order valence-corrected chi connectivity index (χ3v) is 4.85. The van der Waals surface area contributed by atoms with Crippen molar-refractivity contribution in [1.82, 2.24) is 14.9 Å². The second-order valence-electron chi connectivity index (χ2n) is 7.84. The summed E-state index contributed by atoms with van der Waals surface area (Å²) in [6, 6.07) is 3.73. The molecule has 1 fully saturated rings. The highest BCUT2D eigenvalue weighted by atomic mass is 19.1. The van der Waals surface area contributed by atoms with Gasteiger partial charge in [0.1, 0.15) is 29.9 Å². The number of anilines is 3. The van der Waals surface area contributed by atoms with E-state index >= 15 is 0 Å². The third kappa shape index (κ3) is 6.41. The first-order chi connectivity index (χ1) is 15.4. The minimum atomic E-state index is -0.605. The molecule has 0 saturated carbocycles. The summed E-state index contributed by atoms with van der Waals surface area (Å²) in [5.74, 6) is -0.573. The van der Waals surface area contributed by atoms with E-state index in [9.17, 15) is 13.6 Å². The van der Waals surface area contributed by atoms with E-state index in [2.05, 4.69) is 20.6 Å². The van der Waals surface area contributed by atoms with Crippen LogP contribution in [-0.2, 0) is 4.74 Å². The molecule has 1 saturated heterocycles. The summed E-state index contributed by atoms with van der Waals surface area (Å²) >= 11 is 0. The van der Waals surface area contributed by atoms with Crippen LogP contribution in [0, 0.1) is 11.6 Å². The summed E-state index contributed by atoms with van der Waals surface area (Å²) in [5.41, 5.74) is 0.0800. The molecule has 0 aliphatic carbocycles. The maximum absolute atomic E-state index is 14.4. The summed E-state index contributed by atoms with van der Waals surface area (Å²) in [6.07, 6.45) is 2.74. The molecule has 0 spiro atoms. The molecule has 1 amide bonds. The minimum Gasteiger partial charge on any atom is -0.474 e. The number of nitrogens with zero attached hydrogens (tertiary/aromatic N) is 3. The zero-order chi connectivity index (χ0) is 23.1. The van der Waals surface area contributed by atoms with Crippen molar-refractivity contribution >= 4 is 23.3 Å². The largest absolute Gasteiger partial charge is 0.474 e. The number of hydrogen-bond donors (Lipinski definition) is 2. The molecule has 0 radical (unpaired) electrons. The maximum Gasteiger partial charge on any atom is 0.410 e. The fourth-order valence-electron chi connectivity index (χ4n) is 3.25. The van der Waals surface area contributed by atoms with Crippen molar-refractivity contribution in [3.05, 3.63) is 36.2 Å². The Bertz CT molecular complexity index is 920. The Morgan fingerprint density at radius 1 is 1.16 bits per heavy atom. The zero-order valence-electron chi connectivity index (χ0n) is 18.5. The van der Waals surface area contributed by atoms with Crippen molar-refractivity contribution in [2.45, 2.75) is 52.2 Å². The van der Waals surface area contributed by atoms with Crippen LogP contribution in [0.1, 0.15) is 40.0 Å². The van der Waals surface area contributed by atoms with Crippen LogP contribution in [0.2, 0.25) is 0 Å². The van der Waals surface area contributed by atoms with Gasteiger partial charge in [-0.25, -0.2) is 23.5 Å². The molecule has 1 aromatic carbocycles. The van der Waals surface area contributed by atoms with Crippen LogP contribution in [0.5, 0.6) is 5.88 Å². The number of halogens is 2. The molecule has 0 unspecified atom stereocenters. The Morgan fingerprint density at radius 3 is 2.53 bits per heavy atom. The van der Waals surface area contributed by atoms with E-state index in [1.54, 1.807) is 4.90 Å². The van der Waals surface area contributed by atoms with Gasteiger partial charge in [-0.1, -0.05) is 6.92 Å². The average molecular weight is 450 g/mol. The van der Waals surface area contributed by atoms with E-state index in [4.69, 9.17) is 9.47 Å². The molecule has 8 nitrogen and oxygen atoms in total. The number of piperidine rings is 1. The zero-order valence-corrected chi connectivity index (χ0v) is 18.5. The van der Waals surface area contributed by atoms with Crippen LogP contribution in [0.15, 0.2) is 24.5 Å². The van der Waals surface area contributed by atoms with Gasteiger partial charge in [-0.05, 0) is 20.3 Å². The van der Waals surface area contributed by atoms with Gasteiger partial charge in [-0.3, -0.25) is 0 Å². The van der Waals surface area contributed by atoms with Crippen molar-refractivity contribution < 1.29 is 23.0 Å². The summed E-state index contributed by atoms with van der Waals surface area (Å²) in [6.45, 7) is 7.16. The van der Waals surface area contributed by atoms with E-state index in [0.29, 0.717) is 38.4 Å². The van der Waals surface area contributed by atoms with E-state index in [1.807, 2.05) is 20.8 Å². The number of amides is 1.